The Balaban J connectivity index is 2.02. The molecule has 7 nitrogen and oxygen atoms in total. The summed E-state index contributed by atoms with van der Waals surface area (Å²) in [5, 5.41) is 13.7. The molecule has 0 saturated carbocycles. The average Bonchev–Trinajstić information content (AvgIpc) is 2.83. The number of hydrogen-bond acceptors (Lipinski definition) is 4. The SMILES string of the molecule is CCCCCCN(CCCCCC)C(=O)c1ccc(NC(=O)c2cccc([N+](=O)[O-])c2)cc1. The quantitative estimate of drug-likeness (QED) is 0.202. The van der Waals surface area contributed by atoms with Gasteiger partial charge in [-0.2, -0.15) is 0 Å². The van der Waals surface area contributed by atoms with Gasteiger partial charge < -0.3 is 10.2 Å². The fraction of sp³-hybridized carbons (Fsp3) is 0.462. The van der Waals surface area contributed by atoms with Gasteiger partial charge in [-0.3, -0.25) is 19.7 Å². The largest absolute Gasteiger partial charge is 0.339 e. The number of nitro benzene ring substituents is 1. The lowest BCUT2D eigenvalue weighted by Gasteiger charge is -2.23. The van der Waals surface area contributed by atoms with E-state index in [2.05, 4.69) is 19.2 Å². The Morgan fingerprint density at radius 1 is 0.848 bits per heavy atom. The van der Waals surface area contributed by atoms with Crippen LogP contribution in [0.3, 0.4) is 0 Å². The van der Waals surface area contributed by atoms with Crippen molar-refractivity contribution >= 4 is 23.2 Å². The molecule has 0 unspecified atom stereocenters. The highest BCUT2D eigenvalue weighted by atomic mass is 16.6. The molecule has 2 amide bonds. The zero-order chi connectivity index (χ0) is 24.1. The second-order valence-corrected chi connectivity index (χ2v) is 8.25. The van der Waals surface area contributed by atoms with Gasteiger partial charge in [0.05, 0.1) is 4.92 Å². The first kappa shape index (κ1) is 26.0. The van der Waals surface area contributed by atoms with E-state index in [-0.39, 0.29) is 17.2 Å². The number of hydrogen-bond donors (Lipinski definition) is 1. The lowest BCUT2D eigenvalue weighted by molar-refractivity contribution is -0.384. The van der Waals surface area contributed by atoms with Crippen molar-refractivity contribution in [2.45, 2.75) is 65.2 Å². The molecule has 0 radical (unpaired) electrons. The molecule has 0 bridgehead atoms. The van der Waals surface area contributed by atoms with E-state index in [0.29, 0.717) is 11.3 Å². The zero-order valence-corrected chi connectivity index (χ0v) is 19.7. The Bertz CT molecular complexity index is 900. The van der Waals surface area contributed by atoms with Gasteiger partial charge in [0, 0.05) is 42.0 Å². The van der Waals surface area contributed by atoms with E-state index in [1.54, 1.807) is 24.3 Å². The molecule has 33 heavy (non-hydrogen) atoms. The summed E-state index contributed by atoms with van der Waals surface area (Å²) in [7, 11) is 0. The number of rotatable bonds is 14. The summed E-state index contributed by atoms with van der Waals surface area (Å²) in [6.07, 6.45) is 8.93. The van der Waals surface area contributed by atoms with Gasteiger partial charge in [-0.25, -0.2) is 0 Å². The molecule has 2 aromatic rings. The smallest absolute Gasteiger partial charge is 0.270 e. The maximum atomic E-state index is 13.1. The number of nitrogens with one attached hydrogen (secondary N) is 1. The Labute approximate surface area is 196 Å². The van der Waals surface area contributed by atoms with Crippen LogP contribution in [-0.4, -0.2) is 34.7 Å². The molecular weight excluding hydrogens is 418 g/mol. The maximum absolute atomic E-state index is 13.1. The third-order valence-electron chi connectivity index (χ3n) is 5.56. The van der Waals surface area contributed by atoms with Crippen LogP contribution in [0.4, 0.5) is 11.4 Å². The van der Waals surface area contributed by atoms with Crippen LogP contribution in [0.5, 0.6) is 0 Å². The van der Waals surface area contributed by atoms with Crippen molar-refractivity contribution in [1.82, 2.24) is 4.90 Å². The predicted octanol–water partition coefficient (Wildman–Crippen LogP) is 6.45. The Morgan fingerprint density at radius 3 is 2.00 bits per heavy atom. The van der Waals surface area contributed by atoms with Gasteiger partial charge in [-0.05, 0) is 43.2 Å². The van der Waals surface area contributed by atoms with Gasteiger partial charge in [0.1, 0.15) is 0 Å². The molecule has 1 N–H and O–H groups in total. The summed E-state index contributed by atoms with van der Waals surface area (Å²) in [6.45, 7) is 5.87. The highest BCUT2D eigenvalue weighted by Gasteiger charge is 2.16. The Kier molecular flexibility index (Phi) is 11.1. The van der Waals surface area contributed by atoms with Gasteiger partial charge in [0.25, 0.3) is 17.5 Å². The minimum Gasteiger partial charge on any atom is -0.339 e. The maximum Gasteiger partial charge on any atom is 0.270 e. The first-order chi connectivity index (χ1) is 16.0. The van der Waals surface area contributed by atoms with Gasteiger partial charge in [-0.1, -0.05) is 58.4 Å². The first-order valence-corrected chi connectivity index (χ1v) is 11.9. The number of nitro groups is 1. The summed E-state index contributed by atoms with van der Waals surface area (Å²) in [5.74, 6) is -0.425. The molecule has 178 valence electrons. The van der Waals surface area contributed by atoms with Crippen LogP contribution in [0.2, 0.25) is 0 Å². The van der Waals surface area contributed by atoms with E-state index in [1.807, 2.05) is 4.90 Å². The van der Waals surface area contributed by atoms with Crippen LogP contribution >= 0.6 is 0 Å². The number of nitrogens with zero attached hydrogens (tertiary/aromatic N) is 2. The van der Waals surface area contributed by atoms with Gasteiger partial charge in [0.2, 0.25) is 0 Å². The van der Waals surface area contributed by atoms with E-state index >= 15 is 0 Å². The van der Waals surface area contributed by atoms with E-state index in [1.165, 1.54) is 37.1 Å². The van der Waals surface area contributed by atoms with Crippen LogP contribution in [0.15, 0.2) is 48.5 Å². The number of amides is 2. The Hall–Kier alpha value is -3.22. The zero-order valence-electron chi connectivity index (χ0n) is 19.7. The molecule has 0 spiro atoms. The number of carbonyl (C=O) groups excluding carboxylic acids is 2. The minimum absolute atomic E-state index is 0.0135. The molecule has 0 heterocycles. The van der Waals surface area contributed by atoms with Crippen LogP contribution in [0.25, 0.3) is 0 Å². The fourth-order valence-corrected chi connectivity index (χ4v) is 3.62. The topological polar surface area (TPSA) is 92.6 Å². The van der Waals surface area contributed by atoms with Crippen molar-refractivity contribution < 1.29 is 14.5 Å². The summed E-state index contributed by atoms with van der Waals surface area (Å²) < 4.78 is 0. The van der Waals surface area contributed by atoms with Crippen LogP contribution in [0.1, 0.15) is 85.9 Å². The van der Waals surface area contributed by atoms with Gasteiger partial charge in [0.15, 0.2) is 0 Å². The predicted molar refractivity (Wildman–Crippen MR) is 132 cm³/mol. The molecule has 0 aliphatic heterocycles. The Morgan fingerprint density at radius 2 is 1.45 bits per heavy atom. The van der Waals surface area contributed by atoms with Crippen molar-refractivity contribution in [3.05, 3.63) is 69.8 Å². The molecular formula is C26H35N3O4. The van der Waals surface area contributed by atoms with Gasteiger partial charge >= 0.3 is 0 Å². The van der Waals surface area contributed by atoms with E-state index in [9.17, 15) is 19.7 Å². The molecule has 0 aliphatic rings. The third kappa shape index (κ3) is 8.67. The number of benzene rings is 2. The summed E-state index contributed by atoms with van der Waals surface area (Å²) >= 11 is 0. The molecule has 7 heteroatoms. The average molecular weight is 454 g/mol. The number of unbranched alkanes of at least 4 members (excludes halogenated alkanes) is 6. The second kappa shape index (κ2) is 14.0. The molecule has 0 aromatic heterocycles. The number of carbonyl (C=O) groups is 2. The van der Waals surface area contributed by atoms with Crippen LogP contribution in [0, 0.1) is 10.1 Å². The van der Waals surface area contributed by atoms with E-state index in [0.717, 1.165) is 51.6 Å². The molecule has 0 atom stereocenters. The van der Waals surface area contributed by atoms with E-state index in [4.69, 9.17) is 0 Å². The second-order valence-electron chi connectivity index (χ2n) is 8.25. The normalized spacial score (nSPS) is 10.6. The molecule has 0 aliphatic carbocycles. The minimum atomic E-state index is -0.534. The van der Waals surface area contributed by atoms with Crippen molar-refractivity contribution in [2.75, 3.05) is 18.4 Å². The fourth-order valence-electron chi connectivity index (χ4n) is 3.62. The van der Waals surface area contributed by atoms with Gasteiger partial charge in [-0.15, -0.1) is 0 Å². The third-order valence-corrected chi connectivity index (χ3v) is 5.56. The number of anilines is 1. The summed E-state index contributed by atoms with van der Waals surface area (Å²) in [4.78, 5) is 37.9. The van der Waals surface area contributed by atoms with Crippen molar-refractivity contribution in [3.8, 4) is 0 Å². The lowest BCUT2D eigenvalue weighted by Crippen LogP contribution is -2.33. The van der Waals surface area contributed by atoms with Crippen LogP contribution in [-0.2, 0) is 0 Å². The molecule has 2 rings (SSSR count). The van der Waals surface area contributed by atoms with Crippen molar-refractivity contribution in [3.63, 3.8) is 0 Å². The van der Waals surface area contributed by atoms with Crippen molar-refractivity contribution in [1.29, 1.82) is 0 Å². The molecule has 2 aromatic carbocycles. The summed E-state index contributed by atoms with van der Waals surface area (Å²) in [5.41, 5.74) is 1.19. The summed E-state index contributed by atoms with van der Waals surface area (Å²) in [6, 6.07) is 12.4. The lowest BCUT2D eigenvalue weighted by atomic mass is 10.1. The number of non-ortho nitro benzene ring substituents is 1. The molecule has 0 saturated heterocycles. The highest BCUT2D eigenvalue weighted by molar-refractivity contribution is 6.05. The first-order valence-electron chi connectivity index (χ1n) is 11.9. The van der Waals surface area contributed by atoms with Crippen LogP contribution < -0.4 is 5.32 Å². The monoisotopic (exact) mass is 453 g/mol. The molecule has 0 fully saturated rings. The standard InChI is InChI=1S/C26H35N3O4/c1-3-5-7-9-18-28(19-10-8-6-4-2)26(31)21-14-16-23(17-15-21)27-25(30)22-12-11-13-24(20-22)29(32)33/h11-17,20H,3-10,18-19H2,1-2H3,(H,27,30). The van der Waals surface area contributed by atoms with E-state index < -0.39 is 10.8 Å². The highest BCUT2D eigenvalue weighted by Crippen LogP contribution is 2.17. The van der Waals surface area contributed by atoms with Crippen molar-refractivity contribution in [2.24, 2.45) is 0 Å².